The Labute approximate surface area is 68.8 Å². The summed E-state index contributed by atoms with van der Waals surface area (Å²) in [6, 6.07) is 2.26. The summed E-state index contributed by atoms with van der Waals surface area (Å²) in [5.41, 5.74) is 6.32. The van der Waals surface area contributed by atoms with E-state index in [0.29, 0.717) is 11.9 Å². The van der Waals surface area contributed by atoms with Gasteiger partial charge in [-0.25, -0.2) is 0 Å². The third kappa shape index (κ3) is 0.952. The molecule has 5 heteroatoms. The number of nitrogen functional groups attached to an aromatic ring is 1. The number of anilines is 1. The number of aromatic nitrogens is 3. The molecule has 0 radical (unpaired) electrons. The molecule has 12 heavy (non-hydrogen) atoms. The molecule has 0 aliphatic carbocycles. The lowest BCUT2D eigenvalue weighted by atomic mass is 10.5. The first-order chi connectivity index (χ1) is 5.77. The minimum atomic E-state index is 0.292. The molecule has 0 aromatic carbocycles. The number of aryl methyl sites for hydroxylation is 1. The van der Waals surface area contributed by atoms with Crippen LogP contribution in [0.4, 0.5) is 5.88 Å². The van der Waals surface area contributed by atoms with Gasteiger partial charge in [0.25, 0.3) is 0 Å². The van der Waals surface area contributed by atoms with Gasteiger partial charge >= 0.3 is 6.01 Å². The maximum Gasteiger partial charge on any atom is 0.324 e. The van der Waals surface area contributed by atoms with Gasteiger partial charge in [-0.1, -0.05) is 0 Å². The zero-order valence-electron chi connectivity index (χ0n) is 6.56. The lowest BCUT2D eigenvalue weighted by Gasteiger charge is -1.95. The van der Waals surface area contributed by atoms with Gasteiger partial charge < -0.3 is 10.2 Å². The van der Waals surface area contributed by atoms with Crippen LogP contribution in [0.5, 0.6) is 0 Å². The molecule has 0 fully saturated rings. The number of rotatable bonds is 1. The van der Waals surface area contributed by atoms with Crippen molar-refractivity contribution in [2.75, 3.05) is 5.73 Å². The minimum Gasteiger partial charge on any atom is -0.406 e. The summed E-state index contributed by atoms with van der Waals surface area (Å²) in [5.74, 6) is 0.292. The molecule has 5 nitrogen and oxygen atoms in total. The van der Waals surface area contributed by atoms with Crippen molar-refractivity contribution in [1.29, 1.82) is 0 Å². The monoisotopic (exact) mass is 164 g/mol. The Kier molecular flexibility index (Phi) is 1.36. The summed E-state index contributed by atoms with van der Waals surface area (Å²) in [6.07, 6.45) is 3.13. The van der Waals surface area contributed by atoms with E-state index < -0.39 is 0 Å². The molecule has 0 aliphatic heterocycles. The van der Waals surface area contributed by atoms with Gasteiger partial charge in [0.2, 0.25) is 5.88 Å². The third-order valence-electron chi connectivity index (χ3n) is 1.52. The quantitative estimate of drug-likeness (QED) is 0.675. The fraction of sp³-hybridized carbons (Fsp3) is 0.143. The third-order valence-corrected chi connectivity index (χ3v) is 1.52. The Bertz CT molecular complexity index is 390. The second-order valence-electron chi connectivity index (χ2n) is 2.43. The van der Waals surface area contributed by atoms with E-state index in [1.807, 2.05) is 13.0 Å². The van der Waals surface area contributed by atoms with Crippen LogP contribution in [0.2, 0.25) is 0 Å². The van der Waals surface area contributed by atoms with Crippen LogP contribution in [0.25, 0.3) is 6.01 Å². The highest BCUT2D eigenvalue weighted by Gasteiger charge is 2.05. The molecule has 0 unspecified atom stereocenters. The molecule has 0 spiro atoms. The molecule has 2 heterocycles. The first kappa shape index (κ1) is 6.90. The van der Waals surface area contributed by atoms with E-state index in [0.717, 1.165) is 5.69 Å². The second kappa shape index (κ2) is 2.37. The summed E-state index contributed by atoms with van der Waals surface area (Å²) in [7, 11) is 0. The van der Waals surface area contributed by atoms with E-state index >= 15 is 0 Å². The average Bonchev–Trinajstić information content (AvgIpc) is 2.58. The second-order valence-corrected chi connectivity index (χ2v) is 2.43. The van der Waals surface area contributed by atoms with Gasteiger partial charge in [0.1, 0.15) is 0 Å². The summed E-state index contributed by atoms with van der Waals surface area (Å²) in [4.78, 5) is 3.93. The number of nitrogens with two attached hydrogens (primary N) is 1. The summed E-state index contributed by atoms with van der Waals surface area (Å²) in [5, 5.41) is 4.00. The van der Waals surface area contributed by atoms with E-state index in [1.165, 1.54) is 6.20 Å². The van der Waals surface area contributed by atoms with Gasteiger partial charge in [-0.3, -0.25) is 0 Å². The fourth-order valence-electron chi connectivity index (χ4n) is 0.945. The minimum absolute atomic E-state index is 0.292. The highest BCUT2D eigenvalue weighted by molar-refractivity contribution is 5.23. The van der Waals surface area contributed by atoms with Crippen molar-refractivity contribution in [3.8, 4) is 6.01 Å². The van der Waals surface area contributed by atoms with Gasteiger partial charge in [0.15, 0.2) is 0 Å². The SMILES string of the molecule is Cc1ccnn1-c1ncc(N)o1. The molecule has 0 atom stereocenters. The largest absolute Gasteiger partial charge is 0.406 e. The van der Waals surface area contributed by atoms with E-state index in [4.69, 9.17) is 10.2 Å². The Morgan fingerprint density at radius 2 is 2.42 bits per heavy atom. The zero-order valence-corrected chi connectivity index (χ0v) is 6.56. The molecule has 0 bridgehead atoms. The van der Waals surface area contributed by atoms with E-state index in [-0.39, 0.29) is 0 Å². The van der Waals surface area contributed by atoms with Gasteiger partial charge in [0.05, 0.1) is 6.20 Å². The molecule has 0 saturated heterocycles. The standard InChI is InChI=1S/C7H8N4O/c1-5-2-3-10-11(5)7-9-4-6(8)12-7/h2-4H,8H2,1H3. The molecular weight excluding hydrogens is 156 g/mol. The van der Waals surface area contributed by atoms with Crippen molar-refractivity contribution in [1.82, 2.24) is 14.8 Å². The van der Waals surface area contributed by atoms with Gasteiger partial charge in [-0.15, -0.1) is 0 Å². The molecular formula is C7H8N4O. The molecule has 62 valence electrons. The predicted octanol–water partition coefficient (Wildman–Crippen LogP) is 0.751. The first-order valence-electron chi connectivity index (χ1n) is 3.49. The highest BCUT2D eigenvalue weighted by atomic mass is 16.4. The van der Waals surface area contributed by atoms with Crippen molar-refractivity contribution < 1.29 is 4.42 Å². The van der Waals surface area contributed by atoms with Crippen molar-refractivity contribution in [2.45, 2.75) is 6.92 Å². The molecule has 0 saturated carbocycles. The van der Waals surface area contributed by atoms with Crippen LogP contribution in [0.1, 0.15) is 5.69 Å². The van der Waals surface area contributed by atoms with Crippen LogP contribution in [-0.4, -0.2) is 14.8 Å². The van der Waals surface area contributed by atoms with Gasteiger partial charge in [-0.05, 0) is 13.0 Å². The van der Waals surface area contributed by atoms with Crippen LogP contribution >= 0.6 is 0 Å². The average molecular weight is 164 g/mol. The van der Waals surface area contributed by atoms with Gasteiger partial charge in [0, 0.05) is 11.9 Å². The summed E-state index contributed by atoms with van der Waals surface area (Å²) < 4.78 is 6.66. The van der Waals surface area contributed by atoms with E-state index in [2.05, 4.69) is 10.1 Å². The molecule has 0 aliphatic rings. The van der Waals surface area contributed by atoms with Crippen LogP contribution < -0.4 is 5.73 Å². The lowest BCUT2D eigenvalue weighted by Crippen LogP contribution is -1.97. The Hall–Kier alpha value is -1.78. The Morgan fingerprint density at radius 1 is 1.58 bits per heavy atom. The maximum atomic E-state index is 5.36. The maximum absolute atomic E-state index is 5.36. The van der Waals surface area contributed by atoms with Gasteiger partial charge in [-0.2, -0.15) is 14.8 Å². The fourth-order valence-corrected chi connectivity index (χ4v) is 0.945. The smallest absolute Gasteiger partial charge is 0.324 e. The van der Waals surface area contributed by atoms with Crippen LogP contribution in [0.3, 0.4) is 0 Å². The number of nitrogens with zero attached hydrogens (tertiary/aromatic N) is 3. The molecule has 0 amide bonds. The topological polar surface area (TPSA) is 69.9 Å². The van der Waals surface area contributed by atoms with Crippen molar-refractivity contribution in [3.05, 3.63) is 24.2 Å². The van der Waals surface area contributed by atoms with Crippen LogP contribution in [0, 0.1) is 6.92 Å². The Morgan fingerprint density at radius 3 is 2.92 bits per heavy atom. The molecule has 2 N–H and O–H groups in total. The number of hydrogen-bond acceptors (Lipinski definition) is 4. The van der Waals surface area contributed by atoms with Crippen molar-refractivity contribution in [3.63, 3.8) is 0 Å². The zero-order chi connectivity index (χ0) is 8.55. The number of oxazole rings is 1. The summed E-state index contributed by atoms with van der Waals surface area (Å²) >= 11 is 0. The van der Waals surface area contributed by atoms with Crippen molar-refractivity contribution >= 4 is 5.88 Å². The van der Waals surface area contributed by atoms with Crippen molar-refractivity contribution in [2.24, 2.45) is 0 Å². The van der Waals surface area contributed by atoms with Crippen LogP contribution in [0.15, 0.2) is 22.9 Å². The first-order valence-corrected chi connectivity index (χ1v) is 3.49. The highest BCUT2D eigenvalue weighted by Crippen LogP contribution is 2.10. The predicted molar refractivity (Wildman–Crippen MR) is 42.8 cm³/mol. The van der Waals surface area contributed by atoms with E-state index in [9.17, 15) is 0 Å². The van der Waals surface area contributed by atoms with E-state index in [1.54, 1.807) is 10.9 Å². The molecule has 2 rings (SSSR count). The summed E-state index contributed by atoms with van der Waals surface area (Å²) in [6.45, 7) is 1.91. The molecule has 2 aromatic rings. The van der Waals surface area contributed by atoms with Crippen LogP contribution in [-0.2, 0) is 0 Å². The number of hydrogen-bond donors (Lipinski definition) is 1. The normalized spacial score (nSPS) is 10.4. The Balaban J connectivity index is 2.50. The molecule has 2 aromatic heterocycles. The lowest BCUT2D eigenvalue weighted by molar-refractivity contribution is 0.520.